The van der Waals surface area contributed by atoms with Crippen LogP contribution in [0.5, 0.6) is 11.5 Å². The van der Waals surface area contributed by atoms with Gasteiger partial charge in [-0.2, -0.15) is 5.10 Å². The molecule has 1 atom stereocenters. The molecule has 0 radical (unpaired) electrons. The minimum absolute atomic E-state index is 0.0608. The first kappa shape index (κ1) is 21.8. The number of aromatic amines is 1. The van der Waals surface area contributed by atoms with E-state index in [2.05, 4.69) is 34.2 Å². The molecule has 0 spiro atoms. The highest BCUT2D eigenvalue weighted by Gasteiger charge is 2.43. The minimum atomic E-state index is -0.332. The number of nitrogens with one attached hydrogen (secondary N) is 1. The average Bonchev–Trinajstić information content (AvgIpc) is 3.58. The molecule has 0 aliphatic carbocycles. The molecule has 0 saturated heterocycles. The summed E-state index contributed by atoms with van der Waals surface area (Å²) in [6.07, 6.45) is 6.26. The number of amides is 1. The SMILES string of the molecule is COc1ccc(C2c3c(-c4ccc(C)cc4)n[nH]c3C(=O)N2CCCn2ccnc2)c(OC)c1. The van der Waals surface area contributed by atoms with Crippen LogP contribution in [0.3, 0.4) is 0 Å². The minimum Gasteiger partial charge on any atom is -0.497 e. The molecule has 2 aromatic heterocycles. The van der Waals surface area contributed by atoms with Crippen LogP contribution in [0.1, 0.15) is 39.6 Å². The third kappa shape index (κ3) is 3.81. The van der Waals surface area contributed by atoms with Crippen molar-refractivity contribution < 1.29 is 14.3 Å². The lowest BCUT2D eigenvalue weighted by Crippen LogP contribution is -2.31. The molecule has 1 unspecified atom stereocenters. The Bertz CT molecular complexity index is 1290. The first-order chi connectivity index (χ1) is 16.6. The number of imidazole rings is 1. The van der Waals surface area contributed by atoms with E-state index in [1.807, 2.05) is 46.0 Å². The second-order valence-electron chi connectivity index (χ2n) is 8.39. The third-order valence-electron chi connectivity index (χ3n) is 6.30. The van der Waals surface area contributed by atoms with Crippen LogP contribution in [0.4, 0.5) is 0 Å². The van der Waals surface area contributed by atoms with E-state index in [4.69, 9.17) is 9.47 Å². The molecule has 34 heavy (non-hydrogen) atoms. The number of rotatable bonds is 8. The number of ether oxygens (including phenoxy) is 2. The van der Waals surface area contributed by atoms with Crippen LogP contribution in [-0.2, 0) is 6.54 Å². The molecule has 1 amide bonds. The van der Waals surface area contributed by atoms with Gasteiger partial charge in [-0.25, -0.2) is 4.98 Å². The lowest BCUT2D eigenvalue weighted by atomic mass is 9.95. The van der Waals surface area contributed by atoms with Crippen molar-refractivity contribution in [3.05, 3.63) is 83.6 Å². The molecule has 8 heteroatoms. The molecule has 3 heterocycles. The van der Waals surface area contributed by atoms with E-state index in [-0.39, 0.29) is 11.9 Å². The zero-order valence-corrected chi connectivity index (χ0v) is 19.5. The van der Waals surface area contributed by atoms with E-state index >= 15 is 0 Å². The van der Waals surface area contributed by atoms with Gasteiger partial charge in [0.1, 0.15) is 17.2 Å². The van der Waals surface area contributed by atoms with E-state index in [0.717, 1.165) is 35.3 Å². The summed E-state index contributed by atoms with van der Waals surface area (Å²) in [7, 11) is 3.26. The number of methoxy groups -OCH3 is 2. The Labute approximate surface area is 198 Å². The standard InChI is InChI=1S/C26H27N5O3/c1-17-5-7-18(8-6-17)23-22-24(29-28-23)26(32)31(13-4-12-30-14-11-27-16-30)25(22)20-10-9-19(33-2)15-21(20)34-3/h5-11,14-16,25H,4,12-13H2,1-3H3,(H,28,29). The number of aromatic nitrogens is 4. The van der Waals surface area contributed by atoms with Crippen molar-refractivity contribution in [3.63, 3.8) is 0 Å². The molecule has 2 aromatic carbocycles. The van der Waals surface area contributed by atoms with Crippen LogP contribution >= 0.6 is 0 Å². The summed E-state index contributed by atoms with van der Waals surface area (Å²) in [6, 6.07) is 13.6. The molecule has 4 aromatic rings. The van der Waals surface area contributed by atoms with E-state index < -0.39 is 0 Å². The molecule has 1 aliphatic rings. The first-order valence-electron chi connectivity index (χ1n) is 11.2. The zero-order valence-electron chi connectivity index (χ0n) is 19.5. The van der Waals surface area contributed by atoms with E-state index in [1.165, 1.54) is 5.56 Å². The molecule has 0 bridgehead atoms. The van der Waals surface area contributed by atoms with E-state index in [1.54, 1.807) is 26.7 Å². The third-order valence-corrected chi connectivity index (χ3v) is 6.30. The highest BCUT2D eigenvalue weighted by molar-refractivity contribution is 6.00. The molecule has 1 N–H and O–H groups in total. The van der Waals surface area contributed by atoms with Crippen LogP contribution in [0, 0.1) is 6.92 Å². The Hall–Kier alpha value is -4.07. The van der Waals surface area contributed by atoms with Crippen LogP contribution < -0.4 is 9.47 Å². The normalized spacial score (nSPS) is 15.0. The summed E-state index contributed by atoms with van der Waals surface area (Å²) in [5.41, 5.74) is 5.22. The molecule has 5 rings (SSSR count). The van der Waals surface area contributed by atoms with Gasteiger partial charge in [0.25, 0.3) is 5.91 Å². The zero-order chi connectivity index (χ0) is 23.7. The largest absolute Gasteiger partial charge is 0.497 e. The predicted octanol–water partition coefficient (Wildman–Crippen LogP) is 4.23. The molecule has 8 nitrogen and oxygen atoms in total. The number of aryl methyl sites for hydroxylation is 2. The topological polar surface area (TPSA) is 85.3 Å². The summed E-state index contributed by atoms with van der Waals surface area (Å²) in [6.45, 7) is 3.40. The summed E-state index contributed by atoms with van der Waals surface area (Å²) in [5, 5.41) is 7.58. The highest BCUT2D eigenvalue weighted by atomic mass is 16.5. The first-order valence-corrected chi connectivity index (χ1v) is 11.2. The second kappa shape index (κ2) is 9.05. The lowest BCUT2D eigenvalue weighted by molar-refractivity contribution is 0.0738. The Balaban J connectivity index is 1.58. The fourth-order valence-corrected chi connectivity index (χ4v) is 4.57. The predicted molar refractivity (Wildman–Crippen MR) is 128 cm³/mol. The van der Waals surface area contributed by atoms with Crippen LogP contribution in [0.25, 0.3) is 11.3 Å². The van der Waals surface area contributed by atoms with Crippen molar-refractivity contribution in [1.29, 1.82) is 0 Å². The molecule has 0 saturated carbocycles. The van der Waals surface area contributed by atoms with Crippen LogP contribution in [0.2, 0.25) is 0 Å². The van der Waals surface area contributed by atoms with Gasteiger partial charge < -0.3 is 18.9 Å². The fraction of sp³-hybridized carbons (Fsp3) is 0.269. The van der Waals surface area contributed by atoms with Gasteiger partial charge in [0.2, 0.25) is 0 Å². The number of carbonyl (C=O) groups excluding carboxylic acids is 1. The number of carbonyl (C=O) groups is 1. The Morgan fingerprint density at radius 2 is 1.88 bits per heavy atom. The summed E-state index contributed by atoms with van der Waals surface area (Å²) in [4.78, 5) is 19.6. The molecule has 1 aliphatic heterocycles. The maximum Gasteiger partial charge on any atom is 0.273 e. The van der Waals surface area contributed by atoms with Crippen molar-refractivity contribution in [2.24, 2.45) is 0 Å². The average molecular weight is 458 g/mol. The maximum absolute atomic E-state index is 13.6. The van der Waals surface area contributed by atoms with Crippen LogP contribution in [-0.4, -0.2) is 51.3 Å². The highest BCUT2D eigenvalue weighted by Crippen LogP contribution is 2.46. The Morgan fingerprint density at radius 1 is 1.06 bits per heavy atom. The number of benzene rings is 2. The van der Waals surface area contributed by atoms with Crippen LogP contribution in [0.15, 0.2) is 61.2 Å². The van der Waals surface area contributed by atoms with Crippen molar-refractivity contribution in [3.8, 4) is 22.8 Å². The number of hydrogen-bond acceptors (Lipinski definition) is 5. The summed E-state index contributed by atoms with van der Waals surface area (Å²) >= 11 is 0. The smallest absolute Gasteiger partial charge is 0.273 e. The second-order valence-corrected chi connectivity index (χ2v) is 8.39. The Kier molecular flexibility index (Phi) is 5.79. The summed E-state index contributed by atoms with van der Waals surface area (Å²) in [5.74, 6) is 1.30. The Morgan fingerprint density at radius 3 is 2.59 bits per heavy atom. The number of hydrogen-bond donors (Lipinski definition) is 1. The number of fused-ring (bicyclic) bond motifs is 1. The monoisotopic (exact) mass is 457 g/mol. The van der Waals surface area contributed by atoms with Gasteiger partial charge in [-0.05, 0) is 25.5 Å². The molecular formula is C26H27N5O3. The van der Waals surface area contributed by atoms with Crippen molar-refractivity contribution in [1.82, 2.24) is 24.6 Å². The van der Waals surface area contributed by atoms with Gasteiger partial charge >= 0.3 is 0 Å². The number of nitrogens with zero attached hydrogens (tertiary/aromatic N) is 4. The van der Waals surface area contributed by atoms with Gasteiger partial charge in [-0.3, -0.25) is 9.89 Å². The maximum atomic E-state index is 13.6. The van der Waals surface area contributed by atoms with E-state index in [9.17, 15) is 4.79 Å². The van der Waals surface area contributed by atoms with Crippen molar-refractivity contribution in [2.45, 2.75) is 25.9 Å². The lowest BCUT2D eigenvalue weighted by Gasteiger charge is -2.28. The quantitative estimate of drug-likeness (QED) is 0.428. The molecular weight excluding hydrogens is 430 g/mol. The van der Waals surface area contributed by atoms with Gasteiger partial charge in [-0.1, -0.05) is 29.8 Å². The van der Waals surface area contributed by atoms with Gasteiger partial charge in [0.15, 0.2) is 0 Å². The number of H-pyrrole nitrogens is 1. The van der Waals surface area contributed by atoms with Gasteiger partial charge in [0.05, 0.1) is 32.3 Å². The molecule has 174 valence electrons. The van der Waals surface area contributed by atoms with Gasteiger partial charge in [-0.15, -0.1) is 0 Å². The molecule has 0 fully saturated rings. The van der Waals surface area contributed by atoms with Crippen molar-refractivity contribution in [2.75, 3.05) is 20.8 Å². The van der Waals surface area contributed by atoms with Gasteiger partial charge in [0, 0.05) is 48.2 Å². The van der Waals surface area contributed by atoms with E-state index in [0.29, 0.717) is 23.7 Å². The summed E-state index contributed by atoms with van der Waals surface area (Å²) < 4.78 is 13.2. The van der Waals surface area contributed by atoms with Crippen molar-refractivity contribution >= 4 is 5.91 Å². The fourth-order valence-electron chi connectivity index (χ4n) is 4.57.